The van der Waals surface area contributed by atoms with Crippen LogP contribution in [0.25, 0.3) is 0 Å². The summed E-state index contributed by atoms with van der Waals surface area (Å²) in [4.78, 5) is 0. The molecule has 1 aliphatic rings. The molecule has 0 bridgehead atoms. The molecule has 19 heavy (non-hydrogen) atoms. The van der Waals surface area contributed by atoms with Crippen LogP contribution in [0.2, 0.25) is 5.02 Å². The fraction of sp³-hybridized carbons (Fsp3) is 0.500. The highest BCUT2D eigenvalue weighted by molar-refractivity contribution is 6.30. The Morgan fingerprint density at radius 1 is 1.16 bits per heavy atom. The monoisotopic (exact) mass is 290 g/mol. The Hall–Kier alpha value is -0.890. The summed E-state index contributed by atoms with van der Waals surface area (Å²) in [6.07, 6.45) is -6.50. The van der Waals surface area contributed by atoms with Gasteiger partial charge in [0.1, 0.15) is 30.2 Å². The van der Waals surface area contributed by atoms with Crippen LogP contribution in [0, 0.1) is 0 Å². The number of hydrogen-bond donors (Lipinski definition) is 4. The van der Waals surface area contributed by atoms with Gasteiger partial charge in [-0.15, -0.1) is 0 Å². The standard InChI is InChI=1S/C12H15ClO6/c13-6-2-1-3-7(4-6)18-12-11(17)10(16)9(15)8(5-14)19-12/h1-4,8-12,14-17H,5H2/t8?,9-,10-,11?,12+/m0/s1. The SMILES string of the molecule is OCC1O[C@@H](Oc2cccc(Cl)c2)C(O)[C@@H](O)[C@H]1O. The van der Waals surface area contributed by atoms with E-state index in [1.165, 1.54) is 6.07 Å². The van der Waals surface area contributed by atoms with Crippen molar-refractivity contribution in [2.45, 2.75) is 30.7 Å². The first-order chi connectivity index (χ1) is 9.02. The van der Waals surface area contributed by atoms with E-state index < -0.39 is 37.3 Å². The van der Waals surface area contributed by atoms with Gasteiger partial charge >= 0.3 is 0 Å². The first-order valence-corrected chi connectivity index (χ1v) is 6.13. The second kappa shape index (κ2) is 6.04. The second-order valence-electron chi connectivity index (χ2n) is 4.27. The molecule has 0 aromatic heterocycles. The summed E-state index contributed by atoms with van der Waals surface area (Å²) >= 11 is 5.79. The van der Waals surface area contributed by atoms with E-state index in [0.29, 0.717) is 10.8 Å². The highest BCUT2D eigenvalue weighted by atomic mass is 35.5. The van der Waals surface area contributed by atoms with Crippen LogP contribution < -0.4 is 4.74 Å². The van der Waals surface area contributed by atoms with Gasteiger partial charge in [0.25, 0.3) is 0 Å². The summed E-state index contributed by atoms with van der Waals surface area (Å²) < 4.78 is 10.6. The quantitative estimate of drug-likeness (QED) is 0.600. The first-order valence-electron chi connectivity index (χ1n) is 5.75. The van der Waals surface area contributed by atoms with Gasteiger partial charge in [0.05, 0.1) is 6.61 Å². The third-order valence-corrected chi connectivity index (χ3v) is 3.13. The molecule has 4 N–H and O–H groups in total. The van der Waals surface area contributed by atoms with Gasteiger partial charge < -0.3 is 29.9 Å². The lowest BCUT2D eigenvalue weighted by atomic mass is 9.99. The average molecular weight is 291 g/mol. The lowest BCUT2D eigenvalue weighted by Crippen LogP contribution is -2.60. The Morgan fingerprint density at radius 2 is 1.89 bits per heavy atom. The van der Waals surface area contributed by atoms with Crippen LogP contribution >= 0.6 is 11.6 Å². The van der Waals surface area contributed by atoms with E-state index in [-0.39, 0.29) is 0 Å². The molecule has 2 rings (SSSR count). The van der Waals surface area contributed by atoms with Gasteiger partial charge in [0.15, 0.2) is 0 Å². The van der Waals surface area contributed by atoms with Gasteiger partial charge in [-0.2, -0.15) is 0 Å². The van der Waals surface area contributed by atoms with Crippen molar-refractivity contribution in [3.8, 4) is 5.75 Å². The van der Waals surface area contributed by atoms with Gasteiger partial charge in [0.2, 0.25) is 6.29 Å². The molecule has 1 saturated heterocycles. The first kappa shape index (κ1) is 14.5. The Labute approximate surface area is 114 Å². The molecule has 1 heterocycles. The van der Waals surface area contributed by atoms with Crippen molar-refractivity contribution in [1.29, 1.82) is 0 Å². The van der Waals surface area contributed by atoms with Crippen molar-refractivity contribution in [3.63, 3.8) is 0 Å². The molecule has 2 unspecified atom stereocenters. The minimum absolute atomic E-state index is 0.344. The largest absolute Gasteiger partial charge is 0.462 e. The predicted molar refractivity (Wildman–Crippen MR) is 65.8 cm³/mol. The van der Waals surface area contributed by atoms with Crippen molar-refractivity contribution < 1.29 is 29.9 Å². The summed E-state index contributed by atoms with van der Waals surface area (Å²) in [6.45, 7) is -0.500. The molecule has 0 saturated carbocycles. The molecule has 5 atom stereocenters. The van der Waals surface area contributed by atoms with Crippen LogP contribution in [-0.4, -0.2) is 57.7 Å². The maximum atomic E-state index is 9.78. The summed E-state index contributed by atoms with van der Waals surface area (Å²) in [6, 6.07) is 6.43. The number of halogens is 1. The molecule has 106 valence electrons. The van der Waals surface area contributed by atoms with E-state index in [9.17, 15) is 15.3 Å². The van der Waals surface area contributed by atoms with Crippen molar-refractivity contribution in [1.82, 2.24) is 0 Å². The Kier molecular flexibility index (Phi) is 4.62. The zero-order chi connectivity index (χ0) is 14.0. The zero-order valence-electron chi connectivity index (χ0n) is 9.89. The maximum Gasteiger partial charge on any atom is 0.229 e. The Bertz CT molecular complexity index is 426. The van der Waals surface area contributed by atoms with Crippen molar-refractivity contribution >= 4 is 11.6 Å². The molecule has 0 spiro atoms. The minimum Gasteiger partial charge on any atom is -0.462 e. The average Bonchev–Trinajstić information content (AvgIpc) is 2.39. The maximum absolute atomic E-state index is 9.78. The molecule has 7 heteroatoms. The summed E-state index contributed by atoms with van der Waals surface area (Å²) in [5, 5.41) is 38.5. The van der Waals surface area contributed by atoms with E-state index in [1.54, 1.807) is 18.2 Å². The van der Waals surface area contributed by atoms with Crippen molar-refractivity contribution in [3.05, 3.63) is 29.3 Å². The second-order valence-corrected chi connectivity index (χ2v) is 4.71. The van der Waals surface area contributed by atoms with Gasteiger partial charge in [-0.25, -0.2) is 0 Å². The van der Waals surface area contributed by atoms with E-state index in [1.807, 2.05) is 0 Å². The molecule has 1 aliphatic heterocycles. The van der Waals surface area contributed by atoms with Crippen molar-refractivity contribution in [2.75, 3.05) is 6.61 Å². The van der Waals surface area contributed by atoms with Crippen molar-refractivity contribution in [2.24, 2.45) is 0 Å². The van der Waals surface area contributed by atoms with Crippen LogP contribution in [0.1, 0.15) is 0 Å². The minimum atomic E-state index is -1.46. The topological polar surface area (TPSA) is 99.4 Å². The van der Waals surface area contributed by atoms with Crippen LogP contribution in [-0.2, 0) is 4.74 Å². The number of hydrogen-bond acceptors (Lipinski definition) is 6. The summed E-state index contributed by atoms with van der Waals surface area (Å²) in [7, 11) is 0. The molecule has 1 aromatic rings. The Balaban J connectivity index is 2.10. The fourth-order valence-electron chi connectivity index (χ4n) is 1.84. The molecular weight excluding hydrogens is 276 g/mol. The highest BCUT2D eigenvalue weighted by Crippen LogP contribution is 2.25. The van der Waals surface area contributed by atoms with Crippen LogP contribution in [0.3, 0.4) is 0 Å². The van der Waals surface area contributed by atoms with E-state index in [2.05, 4.69) is 0 Å². The Morgan fingerprint density at radius 3 is 2.53 bits per heavy atom. The lowest BCUT2D eigenvalue weighted by molar-refractivity contribution is -0.277. The smallest absolute Gasteiger partial charge is 0.229 e. The van der Waals surface area contributed by atoms with Gasteiger partial charge in [0, 0.05) is 5.02 Å². The molecular formula is C12H15ClO6. The van der Waals surface area contributed by atoms with E-state index >= 15 is 0 Å². The van der Waals surface area contributed by atoms with Gasteiger partial charge in [-0.3, -0.25) is 0 Å². The number of benzene rings is 1. The summed E-state index contributed by atoms with van der Waals surface area (Å²) in [5.74, 6) is 0.344. The lowest BCUT2D eigenvalue weighted by Gasteiger charge is -2.39. The molecule has 0 amide bonds. The predicted octanol–water partition coefficient (Wildman–Crippen LogP) is -0.481. The van der Waals surface area contributed by atoms with Crippen LogP contribution in [0.5, 0.6) is 5.75 Å². The molecule has 0 aliphatic carbocycles. The normalized spacial score (nSPS) is 35.1. The molecule has 1 fully saturated rings. The number of rotatable bonds is 3. The zero-order valence-corrected chi connectivity index (χ0v) is 10.6. The third kappa shape index (κ3) is 3.17. The number of ether oxygens (including phenoxy) is 2. The fourth-order valence-corrected chi connectivity index (χ4v) is 2.02. The summed E-state index contributed by atoms with van der Waals surface area (Å²) in [5.41, 5.74) is 0. The van der Waals surface area contributed by atoms with Crippen LogP contribution in [0.4, 0.5) is 0 Å². The van der Waals surface area contributed by atoms with E-state index in [4.69, 9.17) is 26.2 Å². The molecule has 0 radical (unpaired) electrons. The highest BCUT2D eigenvalue weighted by Gasteiger charge is 2.44. The number of aliphatic hydroxyl groups is 4. The molecule has 6 nitrogen and oxygen atoms in total. The van der Waals surface area contributed by atoms with Gasteiger partial charge in [-0.1, -0.05) is 17.7 Å². The third-order valence-electron chi connectivity index (χ3n) is 2.90. The number of aliphatic hydroxyl groups excluding tert-OH is 4. The van der Waals surface area contributed by atoms with E-state index in [0.717, 1.165) is 0 Å². The van der Waals surface area contributed by atoms with Gasteiger partial charge in [-0.05, 0) is 18.2 Å². The molecule has 1 aromatic carbocycles. The van der Waals surface area contributed by atoms with Crippen LogP contribution in [0.15, 0.2) is 24.3 Å².